The highest BCUT2D eigenvalue weighted by molar-refractivity contribution is 4.74. The van der Waals surface area contributed by atoms with Crippen LogP contribution in [0, 0.1) is 0 Å². The third-order valence-electron chi connectivity index (χ3n) is 4.68. The number of hydrogen-bond acceptors (Lipinski definition) is 2. The Morgan fingerprint density at radius 2 is 0.737 bits per heavy atom. The summed E-state index contributed by atoms with van der Waals surface area (Å²) in [5, 5.41) is 0. The summed E-state index contributed by atoms with van der Waals surface area (Å²) >= 11 is 0. The van der Waals surface area contributed by atoms with E-state index in [4.69, 9.17) is 9.47 Å². The fraction of sp³-hybridized carbons (Fsp3) is 1.00. The second-order valence-corrected chi connectivity index (χ2v) is 6.35. The third kappa shape index (κ3) is 5.83. The standard InChI is InChI=1S/C17H32O2/c1-2-4-6-8-10-12-14-17(18-15-16-19-17)13-11-9-7-5-3-1/h1-16H2. The molecule has 0 bridgehead atoms. The molecule has 0 amide bonds. The van der Waals surface area contributed by atoms with Crippen LogP contribution in [-0.2, 0) is 9.47 Å². The summed E-state index contributed by atoms with van der Waals surface area (Å²) in [7, 11) is 0. The molecule has 1 aliphatic carbocycles. The van der Waals surface area contributed by atoms with Gasteiger partial charge in [-0.15, -0.1) is 0 Å². The zero-order valence-electron chi connectivity index (χ0n) is 12.6. The van der Waals surface area contributed by atoms with Gasteiger partial charge >= 0.3 is 0 Å². The normalized spacial score (nSPS) is 27.8. The first-order valence-electron chi connectivity index (χ1n) is 8.69. The minimum Gasteiger partial charge on any atom is -0.348 e. The fourth-order valence-corrected chi connectivity index (χ4v) is 3.47. The summed E-state index contributed by atoms with van der Waals surface area (Å²) in [6, 6.07) is 0. The van der Waals surface area contributed by atoms with Crippen molar-refractivity contribution in [1.29, 1.82) is 0 Å². The topological polar surface area (TPSA) is 18.5 Å². The molecule has 2 heteroatoms. The van der Waals surface area contributed by atoms with E-state index in [0.29, 0.717) is 0 Å². The van der Waals surface area contributed by atoms with Crippen LogP contribution in [0.25, 0.3) is 0 Å². The second kappa shape index (κ2) is 8.97. The summed E-state index contributed by atoms with van der Waals surface area (Å²) in [6.45, 7) is 1.61. The average molecular weight is 268 g/mol. The maximum atomic E-state index is 5.94. The molecule has 1 spiro atoms. The lowest BCUT2D eigenvalue weighted by molar-refractivity contribution is -0.168. The van der Waals surface area contributed by atoms with Gasteiger partial charge < -0.3 is 9.47 Å². The Morgan fingerprint density at radius 3 is 1.11 bits per heavy atom. The molecule has 2 rings (SSSR count). The van der Waals surface area contributed by atoms with E-state index in [1.54, 1.807) is 0 Å². The van der Waals surface area contributed by atoms with Gasteiger partial charge in [0.2, 0.25) is 0 Å². The second-order valence-electron chi connectivity index (χ2n) is 6.35. The van der Waals surface area contributed by atoms with Crippen LogP contribution in [0.2, 0.25) is 0 Å². The van der Waals surface area contributed by atoms with Crippen LogP contribution in [0.15, 0.2) is 0 Å². The highest BCUT2D eigenvalue weighted by Gasteiger charge is 2.35. The molecule has 0 radical (unpaired) electrons. The average Bonchev–Trinajstić information content (AvgIpc) is 2.87. The third-order valence-corrected chi connectivity index (χ3v) is 4.68. The number of hydrogen-bond donors (Lipinski definition) is 0. The van der Waals surface area contributed by atoms with Gasteiger partial charge in [0.15, 0.2) is 5.79 Å². The maximum absolute atomic E-state index is 5.94. The van der Waals surface area contributed by atoms with Crippen molar-refractivity contribution in [2.24, 2.45) is 0 Å². The van der Waals surface area contributed by atoms with Crippen LogP contribution in [0.3, 0.4) is 0 Å². The van der Waals surface area contributed by atoms with E-state index in [1.165, 1.54) is 77.0 Å². The molecule has 0 aromatic rings. The Bertz CT molecular complexity index is 203. The van der Waals surface area contributed by atoms with E-state index in [2.05, 4.69) is 0 Å². The van der Waals surface area contributed by atoms with Crippen LogP contribution in [0.4, 0.5) is 0 Å². The lowest BCUT2D eigenvalue weighted by Gasteiger charge is -2.27. The van der Waals surface area contributed by atoms with Crippen LogP contribution in [0.1, 0.15) is 89.9 Å². The van der Waals surface area contributed by atoms with Crippen molar-refractivity contribution in [2.75, 3.05) is 13.2 Å². The van der Waals surface area contributed by atoms with Crippen molar-refractivity contribution in [2.45, 2.75) is 95.7 Å². The zero-order valence-corrected chi connectivity index (χ0v) is 12.6. The van der Waals surface area contributed by atoms with Gasteiger partial charge in [0, 0.05) is 12.8 Å². The molecular weight excluding hydrogens is 236 g/mol. The lowest BCUT2D eigenvalue weighted by atomic mass is 9.99. The molecule has 0 N–H and O–H groups in total. The van der Waals surface area contributed by atoms with Gasteiger partial charge in [0.25, 0.3) is 0 Å². The van der Waals surface area contributed by atoms with Gasteiger partial charge in [0.05, 0.1) is 13.2 Å². The van der Waals surface area contributed by atoms with Crippen molar-refractivity contribution < 1.29 is 9.47 Å². The van der Waals surface area contributed by atoms with Gasteiger partial charge in [-0.3, -0.25) is 0 Å². The lowest BCUT2D eigenvalue weighted by Crippen LogP contribution is -2.30. The van der Waals surface area contributed by atoms with Gasteiger partial charge in [-0.2, -0.15) is 0 Å². The number of rotatable bonds is 0. The molecular formula is C17H32O2. The molecule has 0 aromatic heterocycles. The Hall–Kier alpha value is -0.0800. The van der Waals surface area contributed by atoms with Crippen LogP contribution in [-0.4, -0.2) is 19.0 Å². The minimum absolute atomic E-state index is 0.194. The van der Waals surface area contributed by atoms with Gasteiger partial charge in [-0.05, 0) is 12.8 Å². The fourth-order valence-electron chi connectivity index (χ4n) is 3.47. The summed E-state index contributed by atoms with van der Waals surface area (Å²) in [5.74, 6) is -0.194. The maximum Gasteiger partial charge on any atom is 0.168 e. The van der Waals surface area contributed by atoms with Crippen LogP contribution < -0.4 is 0 Å². The molecule has 1 aliphatic heterocycles. The highest BCUT2D eigenvalue weighted by Crippen LogP contribution is 2.32. The van der Waals surface area contributed by atoms with E-state index < -0.39 is 0 Å². The molecule has 112 valence electrons. The Kier molecular flexibility index (Phi) is 7.23. The Labute approximate surface area is 119 Å². The first-order chi connectivity index (χ1) is 9.41. The molecule has 19 heavy (non-hydrogen) atoms. The van der Waals surface area contributed by atoms with Gasteiger partial charge in [-0.1, -0.05) is 64.2 Å². The first kappa shape index (κ1) is 15.3. The van der Waals surface area contributed by atoms with Crippen molar-refractivity contribution in [3.63, 3.8) is 0 Å². The van der Waals surface area contributed by atoms with E-state index in [1.807, 2.05) is 0 Å². The van der Waals surface area contributed by atoms with Gasteiger partial charge in [-0.25, -0.2) is 0 Å². The largest absolute Gasteiger partial charge is 0.348 e. The van der Waals surface area contributed by atoms with Crippen molar-refractivity contribution >= 4 is 0 Å². The Morgan fingerprint density at radius 1 is 0.421 bits per heavy atom. The highest BCUT2D eigenvalue weighted by atomic mass is 16.7. The number of ether oxygens (including phenoxy) is 2. The molecule has 0 aromatic carbocycles. The molecule has 1 saturated heterocycles. The van der Waals surface area contributed by atoms with Crippen LogP contribution in [0.5, 0.6) is 0 Å². The van der Waals surface area contributed by atoms with Crippen LogP contribution >= 0.6 is 0 Å². The zero-order chi connectivity index (χ0) is 13.2. The quantitative estimate of drug-likeness (QED) is 0.601. The predicted molar refractivity (Wildman–Crippen MR) is 79.3 cm³/mol. The predicted octanol–water partition coefficient (Wildman–Crippen LogP) is 5.20. The molecule has 2 aliphatic rings. The summed E-state index contributed by atoms with van der Waals surface area (Å²) in [6.07, 6.45) is 18.9. The smallest absolute Gasteiger partial charge is 0.168 e. The Balaban J connectivity index is 1.75. The molecule has 2 nitrogen and oxygen atoms in total. The molecule has 0 atom stereocenters. The van der Waals surface area contributed by atoms with Crippen molar-refractivity contribution in [1.82, 2.24) is 0 Å². The summed E-state index contributed by atoms with van der Waals surface area (Å²) in [4.78, 5) is 0. The summed E-state index contributed by atoms with van der Waals surface area (Å²) in [5.41, 5.74) is 0. The van der Waals surface area contributed by atoms with Crippen molar-refractivity contribution in [3.05, 3.63) is 0 Å². The van der Waals surface area contributed by atoms with Gasteiger partial charge in [0.1, 0.15) is 0 Å². The van der Waals surface area contributed by atoms with E-state index >= 15 is 0 Å². The van der Waals surface area contributed by atoms with E-state index in [0.717, 1.165) is 26.1 Å². The van der Waals surface area contributed by atoms with E-state index in [-0.39, 0.29) is 5.79 Å². The monoisotopic (exact) mass is 268 g/mol. The molecule has 2 fully saturated rings. The SMILES string of the molecule is C1CCCCCCCC2(CCCCCC1)OCCO2. The molecule has 0 unspecified atom stereocenters. The van der Waals surface area contributed by atoms with Crippen molar-refractivity contribution in [3.8, 4) is 0 Å². The molecule has 1 heterocycles. The first-order valence-corrected chi connectivity index (χ1v) is 8.69. The summed E-state index contributed by atoms with van der Waals surface area (Å²) < 4.78 is 11.9. The molecule has 1 saturated carbocycles. The minimum atomic E-state index is -0.194. The van der Waals surface area contributed by atoms with E-state index in [9.17, 15) is 0 Å².